The summed E-state index contributed by atoms with van der Waals surface area (Å²) in [5.74, 6) is 1.75. The smallest absolute Gasteiger partial charge is 0.161 e. The number of rotatable bonds is 3. The lowest BCUT2D eigenvalue weighted by atomic mass is 10.0. The van der Waals surface area contributed by atoms with Gasteiger partial charge in [-0.05, 0) is 36.1 Å². The van der Waals surface area contributed by atoms with Crippen molar-refractivity contribution in [1.29, 1.82) is 0 Å². The van der Waals surface area contributed by atoms with E-state index < -0.39 is 0 Å². The second-order valence-corrected chi connectivity index (χ2v) is 4.46. The molecule has 0 bridgehead atoms. The van der Waals surface area contributed by atoms with Gasteiger partial charge < -0.3 is 9.47 Å². The van der Waals surface area contributed by atoms with Crippen molar-refractivity contribution in [1.82, 2.24) is 0 Å². The second-order valence-electron chi connectivity index (χ2n) is 4.46. The molecule has 92 valence electrons. The summed E-state index contributed by atoms with van der Waals surface area (Å²) in [4.78, 5) is 0. The van der Waals surface area contributed by atoms with Gasteiger partial charge in [-0.15, -0.1) is 0 Å². The van der Waals surface area contributed by atoms with Gasteiger partial charge in [0.05, 0.1) is 0 Å². The zero-order chi connectivity index (χ0) is 12.2. The average Bonchev–Trinajstić information content (AvgIpc) is 2.46. The number of aryl methyl sites for hydroxylation is 2. The van der Waals surface area contributed by atoms with Crippen LogP contribution >= 0.6 is 0 Å². The first kappa shape index (κ1) is 11.1. The Bertz CT molecular complexity index is 520. The Kier molecular flexibility index (Phi) is 3.18. The van der Waals surface area contributed by atoms with Crippen molar-refractivity contribution in [3.63, 3.8) is 0 Å². The molecule has 0 aromatic heterocycles. The molecule has 0 radical (unpaired) electrons. The summed E-state index contributed by atoms with van der Waals surface area (Å²) in [6.45, 7) is 1.30. The van der Waals surface area contributed by atoms with Crippen LogP contribution in [0.2, 0.25) is 0 Å². The molecule has 2 heteroatoms. The minimum Gasteiger partial charge on any atom is -0.486 e. The van der Waals surface area contributed by atoms with E-state index in [-0.39, 0.29) is 0 Å². The minimum atomic E-state index is 0.648. The zero-order valence-electron chi connectivity index (χ0n) is 10.3. The quantitative estimate of drug-likeness (QED) is 0.820. The van der Waals surface area contributed by atoms with E-state index in [9.17, 15) is 0 Å². The molecule has 0 aliphatic carbocycles. The van der Waals surface area contributed by atoms with Gasteiger partial charge in [-0.3, -0.25) is 0 Å². The lowest BCUT2D eigenvalue weighted by molar-refractivity contribution is 0.171. The molecule has 0 fully saturated rings. The maximum atomic E-state index is 5.59. The number of hydrogen-bond acceptors (Lipinski definition) is 2. The third-order valence-corrected chi connectivity index (χ3v) is 3.15. The summed E-state index contributed by atoms with van der Waals surface area (Å²) in [6, 6.07) is 16.8. The molecule has 0 amide bonds. The van der Waals surface area contributed by atoms with Crippen molar-refractivity contribution in [3.05, 3.63) is 59.7 Å². The van der Waals surface area contributed by atoms with E-state index in [0.29, 0.717) is 13.2 Å². The van der Waals surface area contributed by atoms with Crippen molar-refractivity contribution in [2.24, 2.45) is 0 Å². The Morgan fingerprint density at radius 1 is 0.722 bits per heavy atom. The third-order valence-electron chi connectivity index (χ3n) is 3.15. The highest BCUT2D eigenvalue weighted by molar-refractivity contribution is 5.44. The molecule has 2 nitrogen and oxygen atoms in total. The van der Waals surface area contributed by atoms with Gasteiger partial charge in [-0.2, -0.15) is 0 Å². The van der Waals surface area contributed by atoms with Crippen molar-refractivity contribution in [2.45, 2.75) is 12.8 Å². The Hall–Kier alpha value is -1.96. The molecule has 0 unspecified atom stereocenters. The summed E-state index contributed by atoms with van der Waals surface area (Å²) in [7, 11) is 0. The van der Waals surface area contributed by atoms with Crippen molar-refractivity contribution in [2.75, 3.05) is 13.2 Å². The first-order valence-corrected chi connectivity index (χ1v) is 6.34. The van der Waals surface area contributed by atoms with E-state index in [4.69, 9.17) is 9.47 Å². The van der Waals surface area contributed by atoms with Gasteiger partial charge in [0.15, 0.2) is 11.5 Å². The van der Waals surface area contributed by atoms with Crippen LogP contribution in [0.4, 0.5) is 0 Å². The lowest BCUT2D eigenvalue weighted by Crippen LogP contribution is -2.15. The normalized spacial score (nSPS) is 13.3. The highest BCUT2D eigenvalue weighted by Gasteiger charge is 2.11. The molecule has 0 N–H and O–H groups in total. The molecular weight excluding hydrogens is 224 g/mol. The van der Waals surface area contributed by atoms with E-state index in [1.54, 1.807) is 0 Å². The van der Waals surface area contributed by atoms with Gasteiger partial charge in [0.2, 0.25) is 0 Å². The third kappa shape index (κ3) is 2.48. The van der Waals surface area contributed by atoms with E-state index in [0.717, 1.165) is 24.3 Å². The predicted molar refractivity (Wildman–Crippen MR) is 71.3 cm³/mol. The molecule has 3 rings (SSSR count). The van der Waals surface area contributed by atoms with Gasteiger partial charge >= 0.3 is 0 Å². The number of fused-ring (bicyclic) bond motifs is 1. The first-order valence-electron chi connectivity index (χ1n) is 6.34. The zero-order valence-corrected chi connectivity index (χ0v) is 10.3. The Labute approximate surface area is 107 Å². The molecule has 0 saturated carbocycles. The summed E-state index contributed by atoms with van der Waals surface area (Å²) in [5.41, 5.74) is 2.66. The van der Waals surface area contributed by atoms with Crippen LogP contribution in [-0.4, -0.2) is 13.2 Å². The molecule has 0 atom stereocenters. The summed E-state index contributed by atoms with van der Waals surface area (Å²) in [6.07, 6.45) is 2.08. The largest absolute Gasteiger partial charge is 0.486 e. The average molecular weight is 240 g/mol. The molecular formula is C16H16O2. The second kappa shape index (κ2) is 5.13. The fourth-order valence-electron chi connectivity index (χ4n) is 2.18. The maximum Gasteiger partial charge on any atom is 0.161 e. The first-order chi connectivity index (χ1) is 8.92. The van der Waals surface area contributed by atoms with Gasteiger partial charge in [0.25, 0.3) is 0 Å². The predicted octanol–water partition coefficient (Wildman–Crippen LogP) is 3.24. The fourth-order valence-corrected chi connectivity index (χ4v) is 2.18. The van der Waals surface area contributed by atoms with Crippen LogP contribution in [0.5, 0.6) is 11.5 Å². The van der Waals surface area contributed by atoms with Crippen molar-refractivity contribution in [3.8, 4) is 11.5 Å². The van der Waals surface area contributed by atoms with Crippen molar-refractivity contribution < 1.29 is 9.47 Å². The number of ether oxygens (including phenoxy) is 2. The molecule has 1 aliphatic rings. The van der Waals surface area contributed by atoms with Gasteiger partial charge in [-0.25, -0.2) is 0 Å². The molecule has 0 saturated heterocycles. The summed E-state index contributed by atoms with van der Waals surface area (Å²) in [5, 5.41) is 0. The minimum absolute atomic E-state index is 0.648. The maximum absolute atomic E-state index is 5.59. The van der Waals surface area contributed by atoms with Crippen molar-refractivity contribution >= 4 is 0 Å². The van der Waals surface area contributed by atoms with Crippen LogP contribution in [0.1, 0.15) is 11.1 Å². The van der Waals surface area contributed by atoms with Gasteiger partial charge in [0.1, 0.15) is 13.2 Å². The van der Waals surface area contributed by atoms with E-state index in [1.165, 1.54) is 11.1 Å². The standard InChI is InChI=1S/C16H16O2/c1-2-4-13(5-3-1)6-7-14-8-9-15-16(12-14)18-11-10-17-15/h1-5,8-9,12H,6-7,10-11H2. The van der Waals surface area contributed by atoms with Crippen LogP contribution < -0.4 is 9.47 Å². The van der Waals surface area contributed by atoms with Crippen LogP contribution in [-0.2, 0) is 12.8 Å². The summed E-state index contributed by atoms with van der Waals surface area (Å²) < 4.78 is 11.1. The molecule has 1 heterocycles. The highest BCUT2D eigenvalue weighted by Crippen LogP contribution is 2.31. The van der Waals surface area contributed by atoms with E-state index in [2.05, 4.69) is 36.4 Å². The van der Waals surface area contributed by atoms with E-state index in [1.807, 2.05) is 12.1 Å². The van der Waals surface area contributed by atoms with Gasteiger partial charge in [0, 0.05) is 0 Å². The van der Waals surface area contributed by atoms with Crippen LogP contribution in [0, 0.1) is 0 Å². The summed E-state index contributed by atoms with van der Waals surface area (Å²) >= 11 is 0. The number of benzene rings is 2. The molecule has 18 heavy (non-hydrogen) atoms. The Morgan fingerprint density at radius 2 is 1.44 bits per heavy atom. The number of hydrogen-bond donors (Lipinski definition) is 0. The van der Waals surface area contributed by atoms with E-state index >= 15 is 0 Å². The Balaban J connectivity index is 1.70. The van der Waals surface area contributed by atoms with Gasteiger partial charge in [-0.1, -0.05) is 36.4 Å². The van der Waals surface area contributed by atoms with Crippen LogP contribution in [0.15, 0.2) is 48.5 Å². The molecule has 1 aliphatic heterocycles. The van der Waals surface area contributed by atoms with Crippen LogP contribution in [0.25, 0.3) is 0 Å². The van der Waals surface area contributed by atoms with Crippen LogP contribution in [0.3, 0.4) is 0 Å². The topological polar surface area (TPSA) is 18.5 Å². The Morgan fingerprint density at radius 3 is 2.28 bits per heavy atom. The molecule has 0 spiro atoms. The molecule has 2 aromatic rings. The SMILES string of the molecule is c1ccc(CCc2ccc3c(c2)OCCO3)cc1. The highest BCUT2D eigenvalue weighted by atomic mass is 16.6. The molecule has 2 aromatic carbocycles. The lowest BCUT2D eigenvalue weighted by Gasteiger charge is -2.18. The monoisotopic (exact) mass is 240 g/mol. The fraction of sp³-hybridized carbons (Fsp3) is 0.250.